The van der Waals surface area contributed by atoms with Gasteiger partial charge in [-0.2, -0.15) is 0 Å². The van der Waals surface area contributed by atoms with Gasteiger partial charge in [0, 0.05) is 88.3 Å². The van der Waals surface area contributed by atoms with Crippen LogP contribution in [-0.4, -0.2) is 39.9 Å². The number of allylic oxidation sites excluding steroid dienone is 2. The molecule has 0 spiro atoms. The maximum absolute atomic E-state index is 5.64. The van der Waals surface area contributed by atoms with Gasteiger partial charge in [0.25, 0.3) is 0 Å². The van der Waals surface area contributed by atoms with E-state index in [1.54, 1.807) is 0 Å². The van der Waals surface area contributed by atoms with E-state index in [9.17, 15) is 0 Å². The highest BCUT2D eigenvalue weighted by Crippen LogP contribution is 2.48. The van der Waals surface area contributed by atoms with Crippen molar-refractivity contribution < 1.29 is 0 Å². The molecule has 11 rings (SSSR count). The van der Waals surface area contributed by atoms with Gasteiger partial charge >= 0.3 is 0 Å². The minimum absolute atomic E-state index is 0.870. The zero-order chi connectivity index (χ0) is 41.1. The average Bonchev–Trinajstić information content (AvgIpc) is 3.97. The number of pyridine rings is 4. The second-order valence-electron chi connectivity index (χ2n) is 16.5. The number of nitrogens with zero attached hydrogens (tertiary/aromatic N) is 6. The zero-order valence-electron chi connectivity index (χ0n) is 35.4. The molecule has 8 heteroatoms. The van der Waals surface area contributed by atoms with Crippen LogP contribution in [0.5, 0.6) is 0 Å². The molecule has 7 aromatic heterocycles. The third-order valence-electron chi connectivity index (χ3n) is 12.8. The van der Waals surface area contributed by atoms with Crippen LogP contribution in [0.25, 0.3) is 110 Å². The molecule has 8 nitrogen and oxygen atoms in total. The molecule has 2 aliphatic rings. The van der Waals surface area contributed by atoms with E-state index in [0.717, 1.165) is 159 Å². The molecule has 9 aromatic rings. The molecule has 0 fully saturated rings. The number of H-pyrrole nitrogens is 2. The van der Waals surface area contributed by atoms with Crippen molar-refractivity contribution >= 4 is 87.6 Å². The van der Waals surface area contributed by atoms with Crippen LogP contribution < -0.4 is 0 Å². The molecule has 8 bridgehead atoms. The number of nitrogens with one attached hydrogen (secondary N) is 2. The van der Waals surface area contributed by atoms with Gasteiger partial charge in [-0.25, -0.2) is 9.97 Å². The Labute approximate surface area is 347 Å². The number of hydrogen-bond donors (Lipinski definition) is 2. The normalized spacial score (nSPS) is 12.9. The predicted octanol–water partition coefficient (Wildman–Crippen LogP) is 13.1. The van der Waals surface area contributed by atoms with Gasteiger partial charge in [-0.1, -0.05) is 52.0 Å². The summed E-state index contributed by atoms with van der Waals surface area (Å²) < 4.78 is 0. The van der Waals surface area contributed by atoms with Crippen molar-refractivity contribution in [2.75, 3.05) is 0 Å². The van der Waals surface area contributed by atoms with E-state index >= 15 is 0 Å². The summed E-state index contributed by atoms with van der Waals surface area (Å²) in [4.78, 5) is 39.6. The monoisotopic (exact) mass is 782 g/mol. The molecule has 0 aliphatic carbocycles. The van der Waals surface area contributed by atoms with Crippen molar-refractivity contribution in [2.24, 2.45) is 0 Å². The van der Waals surface area contributed by atoms with Crippen molar-refractivity contribution in [3.63, 3.8) is 0 Å². The van der Waals surface area contributed by atoms with Crippen molar-refractivity contribution in [3.05, 3.63) is 118 Å². The molecule has 2 aliphatic heterocycles. The van der Waals surface area contributed by atoms with Crippen LogP contribution in [0, 0.1) is 27.7 Å². The third-order valence-corrected chi connectivity index (χ3v) is 12.8. The second kappa shape index (κ2) is 13.4. The average molecular weight is 783 g/mol. The van der Waals surface area contributed by atoms with Gasteiger partial charge in [-0.15, -0.1) is 0 Å². The summed E-state index contributed by atoms with van der Waals surface area (Å²) in [5.74, 6) is 0. The summed E-state index contributed by atoms with van der Waals surface area (Å²) >= 11 is 0. The van der Waals surface area contributed by atoms with Crippen LogP contribution in [0.4, 0.5) is 0 Å². The molecule has 0 amide bonds. The molecule has 0 radical (unpaired) electrons. The third kappa shape index (κ3) is 5.22. The van der Waals surface area contributed by atoms with Crippen molar-refractivity contribution in [3.8, 4) is 22.5 Å². The van der Waals surface area contributed by atoms with Gasteiger partial charge in [-0.05, 0) is 124 Å². The first kappa shape index (κ1) is 36.3. The fourth-order valence-corrected chi connectivity index (χ4v) is 10.1. The SMILES string of the molecule is CCC1=C(CC)c2cc3[nH]c(cc4nc(cc5[nH]c(cc1n2)c(CC)c5CC)-c1c-4c2ccc(C)nc2c2nc(C)ccc12)c1c2ccc(C)nc2c2nc(C)ccc2c31. The van der Waals surface area contributed by atoms with Gasteiger partial charge in [0.15, 0.2) is 0 Å². The molecule has 60 heavy (non-hydrogen) atoms. The molecule has 0 saturated carbocycles. The summed E-state index contributed by atoms with van der Waals surface area (Å²) in [5, 5.41) is 6.36. The van der Waals surface area contributed by atoms with E-state index < -0.39 is 0 Å². The van der Waals surface area contributed by atoms with Crippen LogP contribution >= 0.6 is 0 Å². The van der Waals surface area contributed by atoms with Crippen LogP contribution in [0.2, 0.25) is 0 Å². The van der Waals surface area contributed by atoms with Crippen molar-refractivity contribution in [1.29, 1.82) is 0 Å². The lowest BCUT2D eigenvalue weighted by Crippen LogP contribution is -1.93. The van der Waals surface area contributed by atoms with E-state index in [-0.39, 0.29) is 0 Å². The Morgan fingerprint density at radius 3 is 1.12 bits per heavy atom. The first-order valence-corrected chi connectivity index (χ1v) is 21.4. The van der Waals surface area contributed by atoms with Crippen LogP contribution in [0.15, 0.2) is 72.8 Å². The number of benzene rings is 2. The highest BCUT2D eigenvalue weighted by atomic mass is 14.8. The first-order chi connectivity index (χ1) is 29.2. The fraction of sp³-hybridized carbons (Fsp3) is 0.231. The summed E-state index contributed by atoms with van der Waals surface area (Å²) in [7, 11) is 0. The van der Waals surface area contributed by atoms with Gasteiger partial charge in [-0.3, -0.25) is 19.9 Å². The summed E-state index contributed by atoms with van der Waals surface area (Å²) in [6.45, 7) is 17.2. The Hall–Kier alpha value is -6.80. The van der Waals surface area contributed by atoms with Gasteiger partial charge in [0.05, 0.1) is 44.8 Å². The Morgan fingerprint density at radius 2 is 0.700 bits per heavy atom. The summed E-state index contributed by atoms with van der Waals surface area (Å²) in [6, 6.07) is 26.3. The largest absolute Gasteiger partial charge is 0.355 e. The molecular formula is C52H46N8. The van der Waals surface area contributed by atoms with E-state index in [2.05, 4.69) is 124 Å². The minimum atomic E-state index is 0.870. The molecule has 294 valence electrons. The summed E-state index contributed by atoms with van der Waals surface area (Å²) in [5.41, 5.74) is 22.6. The standard InChI is InChI=1S/C52H46N8/c1-9-29-31(11-3)39-22-41-45-33-17-13-25(5)53-49(33)51-35(19-15-27(7)55-51)47(45)43(59-41)24-44-48-36-20-16-28(8)56-52(36)50-34(18-14-26(6)54-50)46(48)42(60-44)23-40-32(12-4)30(10-2)38(58-40)21-37(29)57-39/h13-24,57,60H,9-12H2,1-8H3. The number of aromatic amines is 2. The van der Waals surface area contributed by atoms with Crippen molar-refractivity contribution in [1.82, 2.24) is 39.9 Å². The molecule has 0 saturated heterocycles. The highest BCUT2D eigenvalue weighted by molar-refractivity contribution is 6.32. The van der Waals surface area contributed by atoms with Crippen LogP contribution in [0.3, 0.4) is 0 Å². The molecule has 0 unspecified atom stereocenters. The zero-order valence-corrected chi connectivity index (χ0v) is 35.4. The number of hydrogen-bond acceptors (Lipinski definition) is 6. The van der Waals surface area contributed by atoms with Crippen LogP contribution in [-0.2, 0) is 12.8 Å². The van der Waals surface area contributed by atoms with Gasteiger partial charge in [0.1, 0.15) is 0 Å². The summed E-state index contributed by atoms with van der Waals surface area (Å²) in [6.07, 6.45) is 3.55. The Balaban J connectivity index is 1.43. The molecule has 9 heterocycles. The lowest BCUT2D eigenvalue weighted by molar-refractivity contribution is 1.07. The number of aromatic nitrogens is 8. The minimum Gasteiger partial charge on any atom is -0.355 e. The first-order valence-electron chi connectivity index (χ1n) is 21.4. The maximum Gasteiger partial charge on any atom is 0.0975 e. The lowest BCUT2D eigenvalue weighted by Gasteiger charge is -2.12. The Bertz CT molecular complexity index is 3580. The Kier molecular flexibility index (Phi) is 8.08. The number of fused-ring (bicyclic) bond motifs is 24. The lowest BCUT2D eigenvalue weighted by atomic mass is 9.93. The second-order valence-corrected chi connectivity index (χ2v) is 16.5. The van der Waals surface area contributed by atoms with E-state index in [4.69, 9.17) is 29.9 Å². The van der Waals surface area contributed by atoms with Gasteiger partial charge < -0.3 is 9.97 Å². The number of rotatable bonds is 4. The van der Waals surface area contributed by atoms with E-state index in [0.29, 0.717) is 0 Å². The molecular weight excluding hydrogens is 737 g/mol. The quantitative estimate of drug-likeness (QED) is 0.172. The van der Waals surface area contributed by atoms with E-state index in [1.165, 1.54) is 22.3 Å². The van der Waals surface area contributed by atoms with Crippen LogP contribution in [0.1, 0.15) is 85.8 Å². The molecule has 2 aromatic carbocycles. The molecule has 2 N–H and O–H groups in total. The van der Waals surface area contributed by atoms with Gasteiger partial charge in [0.2, 0.25) is 0 Å². The highest BCUT2D eigenvalue weighted by Gasteiger charge is 2.27. The topological polar surface area (TPSA) is 109 Å². The molecule has 0 atom stereocenters. The predicted molar refractivity (Wildman–Crippen MR) is 249 cm³/mol. The maximum atomic E-state index is 5.64. The fourth-order valence-electron chi connectivity index (χ4n) is 10.1. The Morgan fingerprint density at radius 1 is 0.367 bits per heavy atom. The van der Waals surface area contributed by atoms with Crippen molar-refractivity contribution in [2.45, 2.75) is 81.1 Å². The smallest absolute Gasteiger partial charge is 0.0975 e. The number of aryl methyl sites for hydroxylation is 6. The van der Waals surface area contributed by atoms with E-state index in [1.807, 2.05) is 13.8 Å².